The Morgan fingerprint density at radius 2 is 1.85 bits per heavy atom. The lowest BCUT2D eigenvalue weighted by atomic mass is 9.91. The third-order valence-corrected chi connectivity index (χ3v) is 4.94. The minimum absolute atomic E-state index is 0.00124. The van der Waals surface area contributed by atoms with Crippen LogP contribution in [0.5, 0.6) is 0 Å². The van der Waals surface area contributed by atoms with Gasteiger partial charge < -0.3 is 0 Å². The Balaban J connectivity index is 2.17. The maximum absolute atomic E-state index is 14.2. The molecule has 0 aromatic heterocycles. The summed E-state index contributed by atoms with van der Waals surface area (Å²) >= 11 is 0. The Morgan fingerprint density at radius 3 is 2.41 bits per heavy atom. The normalized spacial score (nSPS) is 18.9. The van der Waals surface area contributed by atoms with Crippen LogP contribution in [-0.2, 0) is 11.2 Å². The molecule has 3 nitrogen and oxygen atoms in total. The summed E-state index contributed by atoms with van der Waals surface area (Å²) in [6, 6.07) is 8.84. The second-order valence-corrected chi connectivity index (χ2v) is 8.40. The molecule has 1 aliphatic heterocycles. The zero-order valence-corrected chi connectivity index (χ0v) is 16.0. The lowest BCUT2D eigenvalue weighted by Crippen LogP contribution is -2.43. The molecule has 1 atom stereocenters. The Bertz CT molecular complexity index is 858. The number of fused-ring (bicyclic) bond motifs is 1. The van der Waals surface area contributed by atoms with E-state index in [4.69, 9.17) is 0 Å². The van der Waals surface area contributed by atoms with Crippen molar-refractivity contribution in [3.63, 3.8) is 0 Å². The van der Waals surface area contributed by atoms with Crippen LogP contribution in [0.1, 0.15) is 44.9 Å². The van der Waals surface area contributed by atoms with Crippen LogP contribution in [0, 0.1) is 11.3 Å². The number of hydrogen-bond acceptors (Lipinski definition) is 2. The summed E-state index contributed by atoms with van der Waals surface area (Å²) in [6.45, 7) is 7.39. The van der Waals surface area contributed by atoms with Crippen molar-refractivity contribution in [2.45, 2.75) is 46.3 Å². The van der Waals surface area contributed by atoms with E-state index < -0.39 is 17.6 Å². The lowest BCUT2D eigenvalue weighted by Gasteiger charge is -2.31. The van der Waals surface area contributed by atoms with Crippen molar-refractivity contribution in [2.75, 3.05) is 6.54 Å². The van der Waals surface area contributed by atoms with Crippen LogP contribution in [0.15, 0.2) is 36.4 Å². The highest BCUT2D eigenvalue weighted by Gasteiger charge is 2.51. The second-order valence-electron chi connectivity index (χ2n) is 8.40. The average Bonchev–Trinajstić information content (AvgIpc) is 2.78. The summed E-state index contributed by atoms with van der Waals surface area (Å²) in [6.07, 6.45) is -3.83. The molecule has 0 aliphatic carbocycles. The maximum atomic E-state index is 14.2. The summed E-state index contributed by atoms with van der Waals surface area (Å²) in [5, 5.41) is 2.39. The van der Waals surface area contributed by atoms with E-state index in [2.05, 4.69) is 5.43 Å². The van der Waals surface area contributed by atoms with Gasteiger partial charge >= 0.3 is 6.18 Å². The van der Waals surface area contributed by atoms with Crippen LogP contribution in [0.3, 0.4) is 0 Å². The molecule has 0 unspecified atom stereocenters. The molecule has 1 heterocycles. The summed E-state index contributed by atoms with van der Waals surface area (Å²) in [5.74, 6) is -0.0619. The van der Waals surface area contributed by atoms with Crippen molar-refractivity contribution in [3.8, 4) is 0 Å². The van der Waals surface area contributed by atoms with Gasteiger partial charge in [-0.15, -0.1) is 0 Å². The van der Waals surface area contributed by atoms with Gasteiger partial charge in [-0.2, -0.15) is 13.2 Å². The van der Waals surface area contributed by atoms with Crippen LogP contribution < -0.4 is 5.43 Å². The number of nitrogens with one attached hydrogen (secondary N) is 1. The van der Waals surface area contributed by atoms with Crippen molar-refractivity contribution in [1.29, 1.82) is 0 Å². The van der Waals surface area contributed by atoms with Crippen molar-refractivity contribution in [3.05, 3.63) is 47.5 Å². The third kappa shape index (κ3) is 3.95. The van der Waals surface area contributed by atoms with E-state index in [1.165, 1.54) is 0 Å². The minimum atomic E-state index is -4.52. The number of alkyl halides is 3. The van der Waals surface area contributed by atoms with Gasteiger partial charge in [0.25, 0.3) is 0 Å². The summed E-state index contributed by atoms with van der Waals surface area (Å²) in [4.78, 5) is 12.1. The maximum Gasteiger partial charge on any atom is 0.409 e. The number of rotatable bonds is 4. The second kappa shape index (κ2) is 6.82. The van der Waals surface area contributed by atoms with Gasteiger partial charge in [0.2, 0.25) is 5.91 Å². The van der Waals surface area contributed by atoms with Gasteiger partial charge in [-0.1, -0.05) is 50.2 Å². The average molecular weight is 378 g/mol. The van der Waals surface area contributed by atoms with Crippen LogP contribution in [-0.4, -0.2) is 23.6 Å². The van der Waals surface area contributed by atoms with Crippen molar-refractivity contribution in [2.24, 2.45) is 11.3 Å². The predicted molar refractivity (Wildman–Crippen MR) is 99.9 cm³/mol. The first kappa shape index (κ1) is 19.7. The molecule has 6 heteroatoms. The molecule has 2 aromatic rings. The molecule has 1 N–H and O–H groups in total. The first-order valence-corrected chi connectivity index (χ1v) is 9.15. The number of carbonyl (C=O) groups is 1. The fourth-order valence-corrected chi connectivity index (χ4v) is 3.72. The minimum Gasteiger partial charge on any atom is -0.287 e. The molecule has 1 saturated heterocycles. The first-order valence-electron chi connectivity index (χ1n) is 9.15. The number of hydrazine groups is 1. The fourth-order valence-electron chi connectivity index (χ4n) is 3.72. The fraction of sp³-hybridized carbons (Fsp3) is 0.476. The largest absolute Gasteiger partial charge is 0.409 e. The highest BCUT2D eigenvalue weighted by molar-refractivity contribution is 5.87. The Morgan fingerprint density at radius 1 is 1.19 bits per heavy atom. The molecule has 1 aliphatic rings. The van der Waals surface area contributed by atoms with E-state index in [9.17, 15) is 18.0 Å². The van der Waals surface area contributed by atoms with Gasteiger partial charge in [-0.05, 0) is 48.1 Å². The number of hydrogen-bond donors (Lipinski definition) is 1. The van der Waals surface area contributed by atoms with E-state index >= 15 is 0 Å². The van der Waals surface area contributed by atoms with Gasteiger partial charge in [0, 0.05) is 6.54 Å². The van der Waals surface area contributed by atoms with E-state index in [0.717, 1.165) is 16.0 Å². The molecule has 27 heavy (non-hydrogen) atoms. The molecular formula is C21H25F3N2O. The molecule has 0 saturated carbocycles. The number of amides is 1. The number of benzene rings is 2. The van der Waals surface area contributed by atoms with Crippen LogP contribution in [0.2, 0.25) is 0 Å². The summed E-state index contributed by atoms with van der Waals surface area (Å²) < 4.78 is 42.5. The summed E-state index contributed by atoms with van der Waals surface area (Å²) in [5.41, 5.74) is 2.64. The molecule has 1 amide bonds. The highest BCUT2D eigenvalue weighted by Crippen LogP contribution is 2.43. The predicted octanol–water partition coefficient (Wildman–Crippen LogP) is 5.01. The Kier molecular flexibility index (Phi) is 4.97. The van der Waals surface area contributed by atoms with E-state index in [-0.39, 0.29) is 18.0 Å². The zero-order chi connectivity index (χ0) is 20.0. The molecule has 146 valence electrons. The van der Waals surface area contributed by atoms with Crippen molar-refractivity contribution < 1.29 is 18.0 Å². The summed E-state index contributed by atoms with van der Waals surface area (Å²) in [7, 11) is 0. The zero-order valence-electron chi connectivity index (χ0n) is 16.0. The number of halogens is 3. The number of carbonyl (C=O) groups excluding carboxylic acids is 1. The van der Waals surface area contributed by atoms with Gasteiger partial charge in [-0.3, -0.25) is 10.2 Å². The quantitative estimate of drug-likeness (QED) is 0.811. The van der Waals surface area contributed by atoms with Crippen LogP contribution in [0.25, 0.3) is 10.8 Å². The van der Waals surface area contributed by atoms with Crippen molar-refractivity contribution in [1.82, 2.24) is 10.4 Å². The van der Waals surface area contributed by atoms with Crippen LogP contribution >= 0.6 is 0 Å². The third-order valence-electron chi connectivity index (χ3n) is 4.94. The van der Waals surface area contributed by atoms with E-state index in [1.54, 1.807) is 32.0 Å². The monoisotopic (exact) mass is 378 g/mol. The Hall–Kier alpha value is -2.08. The number of nitrogens with zero attached hydrogens (tertiary/aromatic N) is 1. The van der Waals surface area contributed by atoms with E-state index in [1.807, 2.05) is 32.0 Å². The van der Waals surface area contributed by atoms with Gasteiger partial charge in [-0.25, -0.2) is 5.01 Å². The molecule has 0 spiro atoms. The topological polar surface area (TPSA) is 32.3 Å². The molecule has 0 radical (unpaired) electrons. The van der Waals surface area contributed by atoms with Crippen LogP contribution in [0.4, 0.5) is 13.2 Å². The first-order chi connectivity index (χ1) is 12.5. The standard InChI is InChI=1S/C21H25F3N2O/c1-13(2)9-14-10-15-7-5-6-8-16(15)17(11-14)18(21(22,23)24)26-12-20(3,4)19(27)25-26/h5-8,10-11,13,18H,9,12H2,1-4H3,(H,25,27)/t18-/m0/s1. The molecule has 2 aromatic carbocycles. The van der Waals surface area contributed by atoms with Crippen molar-refractivity contribution >= 4 is 16.7 Å². The smallest absolute Gasteiger partial charge is 0.287 e. The van der Waals surface area contributed by atoms with E-state index in [0.29, 0.717) is 17.7 Å². The Labute approximate surface area is 157 Å². The van der Waals surface area contributed by atoms with Gasteiger partial charge in [0.15, 0.2) is 6.04 Å². The highest BCUT2D eigenvalue weighted by atomic mass is 19.4. The molecule has 0 bridgehead atoms. The molecular weight excluding hydrogens is 353 g/mol. The lowest BCUT2D eigenvalue weighted by molar-refractivity contribution is -0.191. The van der Waals surface area contributed by atoms with Gasteiger partial charge in [0.05, 0.1) is 5.41 Å². The van der Waals surface area contributed by atoms with Gasteiger partial charge in [0.1, 0.15) is 0 Å². The molecule has 1 fully saturated rings. The molecule has 3 rings (SSSR count). The SMILES string of the molecule is CC(C)Cc1cc([C@H](N2CC(C)(C)C(=O)N2)C(F)(F)F)c2ccccc2c1.